The summed E-state index contributed by atoms with van der Waals surface area (Å²) >= 11 is 12.4. The van der Waals surface area contributed by atoms with E-state index >= 15 is 0 Å². The van der Waals surface area contributed by atoms with Crippen LogP contribution in [0.2, 0.25) is 10.0 Å². The fourth-order valence-corrected chi connectivity index (χ4v) is 3.97. The van der Waals surface area contributed by atoms with Crippen molar-refractivity contribution in [2.75, 3.05) is 11.1 Å². The third kappa shape index (κ3) is 4.13. The first-order chi connectivity index (χ1) is 16.4. The third-order valence-corrected chi connectivity index (χ3v) is 5.79. The van der Waals surface area contributed by atoms with Gasteiger partial charge in [-0.15, -0.1) is 5.10 Å². The van der Waals surface area contributed by atoms with Gasteiger partial charge in [-0.05, 0) is 48.0 Å². The minimum absolute atomic E-state index is 0.0596. The van der Waals surface area contributed by atoms with E-state index in [1.165, 1.54) is 28.9 Å². The molecule has 0 spiro atoms. The van der Waals surface area contributed by atoms with Crippen molar-refractivity contribution >= 4 is 46.0 Å². The summed E-state index contributed by atoms with van der Waals surface area (Å²) in [4.78, 5) is 9.10. The molecule has 0 atom stereocenters. The smallest absolute Gasteiger partial charge is 0.225 e. The molecule has 5 rings (SSSR count). The normalized spacial score (nSPS) is 11.2. The summed E-state index contributed by atoms with van der Waals surface area (Å²) in [6, 6.07) is 17.5. The minimum atomic E-state index is -0.556. The maximum Gasteiger partial charge on any atom is 0.225 e. The predicted molar refractivity (Wildman–Crippen MR) is 130 cm³/mol. The third-order valence-electron chi connectivity index (χ3n) is 5.18. The first kappa shape index (κ1) is 22.1. The molecule has 2 heterocycles. The lowest BCUT2D eigenvalue weighted by atomic mass is 10.1. The van der Waals surface area contributed by atoms with Crippen LogP contribution in [0.3, 0.4) is 0 Å². The van der Waals surface area contributed by atoms with Crippen LogP contribution >= 0.6 is 23.2 Å². The molecule has 0 bridgehead atoms. The molecule has 0 amide bonds. The lowest BCUT2D eigenvalue weighted by molar-refractivity contribution is 0.625. The zero-order valence-corrected chi connectivity index (χ0v) is 18.9. The first-order valence-corrected chi connectivity index (χ1v) is 10.9. The van der Waals surface area contributed by atoms with E-state index in [9.17, 15) is 8.78 Å². The molecule has 0 saturated carbocycles. The van der Waals surface area contributed by atoms with Crippen molar-refractivity contribution in [3.05, 3.63) is 94.0 Å². The average molecular weight is 497 g/mol. The number of fused-ring (bicyclic) bond motifs is 1. The van der Waals surface area contributed by atoms with Crippen LogP contribution in [0.4, 0.5) is 20.5 Å². The van der Waals surface area contributed by atoms with Crippen molar-refractivity contribution in [1.29, 1.82) is 0 Å². The Labute approximate surface area is 203 Å². The Hall–Kier alpha value is -3.75. The van der Waals surface area contributed by atoms with Gasteiger partial charge in [-0.1, -0.05) is 47.5 Å². The van der Waals surface area contributed by atoms with Crippen LogP contribution in [-0.4, -0.2) is 19.7 Å². The van der Waals surface area contributed by atoms with E-state index < -0.39 is 5.82 Å². The fraction of sp³-hybridized carbons (Fsp3) is 0.0417. The Morgan fingerprint density at radius 3 is 2.50 bits per heavy atom. The highest BCUT2D eigenvalue weighted by Crippen LogP contribution is 2.35. The van der Waals surface area contributed by atoms with Gasteiger partial charge >= 0.3 is 0 Å². The number of hydrogen-bond acceptors (Lipinski definition) is 5. The van der Waals surface area contributed by atoms with Crippen LogP contribution in [0, 0.1) is 11.6 Å². The molecule has 10 heteroatoms. The lowest BCUT2D eigenvalue weighted by Gasteiger charge is -2.09. The molecule has 0 aliphatic rings. The van der Waals surface area contributed by atoms with E-state index in [2.05, 4.69) is 20.4 Å². The fourth-order valence-electron chi connectivity index (χ4n) is 3.58. The second-order valence-corrected chi connectivity index (χ2v) is 8.27. The molecular weight excluding hydrogens is 481 g/mol. The molecule has 0 radical (unpaired) electrons. The average Bonchev–Trinajstić information content (AvgIpc) is 3.15. The Bertz CT molecular complexity index is 1540. The Morgan fingerprint density at radius 2 is 1.74 bits per heavy atom. The van der Waals surface area contributed by atoms with E-state index in [-0.39, 0.29) is 29.2 Å². The number of halogens is 4. The van der Waals surface area contributed by atoms with Crippen LogP contribution in [0.5, 0.6) is 0 Å². The quantitative estimate of drug-likeness (QED) is 0.300. The van der Waals surface area contributed by atoms with Crippen molar-refractivity contribution in [2.24, 2.45) is 0 Å². The number of nitrogen functional groups attached to an aromatic ring is 1. The molecule has 3 N–H and O–H groups in total. The van der Waals surface area contributed by atoms with Crippen LogP contribution < -0.4 is 11.1 Å². The maximum absolute atomic E-state index is 13.8. The molecule has 0 unspecified atom stereocenters. The lowest BCUT2D eigenvalue weighted by Crippen LogP contribution is -2.05. The summed E-state index contributed by atoms with van der Waals surface area (Å²) in [6.45, 7) is 0.271. The SMILES string of the molecule is Nc1c2c(-c3ccc(F)c(Cl)c3)nc(NCc3cccc(F)c3)nc2nn1-c1ccccc1Cl. The number of para-hydroxylation sites is 1. The van der Waals surface area contributed by atoms with Gasteiger partial charge in [0.15, 0.2) is 5.65 Å². The van der Waals surface area contributed by atoms with Crippen molar-refractivity contribution in [2.45, 2.75) is 6.54 Å². The molecule has 0 saturated heterocycles. The first-order valence-electron chi connectivity index (χ1n) is 10.2. The topological polar surface area (TPSA) is 81.7 Å². The Kier molecular flexibility index (Phi) is 5.77. The number of nitrogens with zero attached hydrogens (tertiary/aromatic N) is 4. The number of nitrogens with one attached hydrogen (secondary N) is 1. The van der Waals surface area contributed by atoms with Crippen molar-refractivity contribution in [3.8, 4) is 16.9 Å². The Balaban J connectivity index is 1.67. The van der Waals surface area contributed by atoms with Gasteiger partial charge in [0.25, 0.3) is 0 Å². The summed E-state index contributed by atoms with van der Waals surface area (Å²) in [6.07, 6.45) is 0. The van der Waals surface area contributed by atoms with Crippen LogP contribution in [0.15, 0.2) is 66.7 Å². The van der Waals surface area contributed by atoms with Gasteiger partial charge in [0.1, 0.15) is 17.5 Å². The molecule has 0 aliphatic heterocycles. The standard InChI is InChI=1S/C24H16Cl2F2N6/c25-16-6-1-2-7-19(16)34-22(29)20-21(14-8-9-18(28)17(26)11-14)31-24(32-23(20)33-34)30-12-13-4-3-5-15(27)10-13/h1-11H,12,29H2,(H,30,32,33). The highest BCUT2D eigenvalue weighted by atomic mass is 35.5. The van der Waals surface area contributed by atoms with E-state index in [0.29, 0.717) is 38.6 Å². The van der Waals surface area contributed by atoms with E-state index in [0.717, 1.165) is 0 Å². The van der Waals surface area contributed by atoms with E-state index in [1.54, 1.807) is 36.4 Å². The molecule has 3 aromatic carbocycles. The Morgan fingerprint density at radius 1 is 0.912 bits per heavy atom. The number of nitrogens with two attached hydrogens (primary N) is 1. The van der Waals surface area contributed by atoms with E-state index in [4.69, 9.17) is 28.9 Å². The summed E-state index contributed by atoms with van der Waals surface area (Å²) in [7, 11) is 0. The summed E-state index contributed by atoms with van der Waals surface area (Å²) in [5.41, 5.74) is 8.97. The largest absolute Gasteiger partial charge is 0.383 e. The number of benzene rings is 3. The molecule has 170 valence electrons. The summed E-state index contributed by atoms with van der Waals surface area (Å²) in [5.74, 6) is -0.408. The van der Waals surface area contributed by atoms with Gasteiger partial charge < -0.3 is 11.1 Å². The van der Waals surface area contributed by atoms with Gasteiger partial charge in [-0.3, -0.25) is 0 Å². The van der Waals surface area contributed by atoms with Crippen molar-refractivity contribution < 1.29 is 8.78 Å². The predicted octanol–water partition coefficient (Wildman–Crippen LogP) is 6.26. The minimum Gasteiger partial charge on any atom is -0.383 e. The number of anilines is 2. The maximum atomic E-state index is 13.8. The molecular formula is C24H16Cl2F2N6. The van der Waals surface area contributed by atoms with Crippen molar-refractivity contribution in [3.63, 3.8) is 0 Å². The van der Waals surface area contributed by atoms with Crippen LogP contribution in [-0.2, 0) is 6.54 Å². The van der Waals surface area contributed by atoms with Gasteiger partial charge in [0, 0.05) is 12.1 Å². The van der Waals surface area contributed by atoms with Gasteiger partial charge in [-0.2, -0.15) is 4.98 Å². The van der Waals surface area contributed by atoms with Crippen molar-refractivity contribution in [1.82, 2.24) is 19.7 Å². The van der Waals surface area contributed by atoms with Crippen LogP contribution in [0.25, 0.3) is 28.0 Å². The number of aromatic nitrogens is 4. The monoisotopic (exact) mass is 496 g/mol. The highest BCUT2D eigenvalue weighted by Gasteiger charge is 2.20. The summed E-state index contributed by atoms with van der Waals surface area (Å²) in [5, 5.41) is 8.48. The molecule has 0 fully saturated rings. The van der Waals surface area contributed by atoms with Gasteiger partial charge in [0.05, 0.1) is 26.8 Å². The molecule has 5 aromatic rings. The van der Waals surface area contributed by atoms with Gasteiger partial charge in [-0.25, -0.2) is 18.4 Å². The molecule has 6 nitrogen and oxygen atoms in total. The molecule has 34 heavy (non-hydrogen) atoms. The highest BCUT2D eigenvalue weighted by molar-refractivity contribution is 6.32. The van der Waals surface area contributed by atoms with E-state index in [1.807, 2.05) is 6.07 Å². The van der Waals surface area contributed by atoms with Crippen LogP contribution in [0.1, 0.15) is 5.56 Å². The molecule has 0 aliphatic carbocycles. The van der Waals surface area contributed by atoms with Gasteiger partial charge in [0.2, 0.25) is 5.95 Å². The zero-order chi connectivity index (χ0) is 23.8. The second-order valence-electron chi connectivity index (χ2n) is 7.46. The zero-order valence-electron chi connectivity index (χ0n) is 17.4. The molecule has 2 aromatic heterocycles. The number of hydrogen-bond donors (Lipinski definition) is 2. The second kappa shape index (κ2) is 8.89. The summed E-state index contributed by atoms with van der Waals surface area (Å²) < 4.78 is 28.9. The number of rotatable bonds is 5.